The number of aromatic nitrogens is 1. The van der Waals surface area contributed by atoms with Crippen molar-refractivity contribution in [1.29, 1.82) is 0 Å². The standard InChI is InChI=1S/C11H17Cl2N3O/c1-3-7(6-17)15-11-9(13)5-8(12)10(16-11)14-4-2/h5,7,17H,3-4,6H2,1-2H3,(H2,14,15,16). The molecular weight excluding hydrogens is 261 g/mol. The highest BCUT2D eigenvalue weighted by Gasteiger charge is 2.12. The van der Waals surface area contributed by atoms with Gasteiger partial charge in [-0.2, -0.15) is 0 Å². The van der Waals surface area contributed by atoms with Crippen LogP contribution in [0.3, 0.4) is 0 Å². The van der Waals surface area contributed by atoms with E-state index in [2.05, 4.69) is 15.6 Å². The molecule has 0 aliphatic rings. The molecule has 4 nitrogen and oxygen atoms in total. The van der Waals surface area contributed by atoms with E-state index >= 15 is 0 Å². The van der Waals surface area contributed by atoms with Gasteiger partial charge in [0.05, 0.1) is 22.7 Å². The molecule has 0 aliphatic heterocycles. The maximum Gasteiger partial charge on any atom is 0.147 e. The minimum Gasteiger partial charge on any atom is -0.394 e. The van der Waals surface area contributed by atoms with Gasteiger partial charge in [-0.3, -0.25) is 0 Å². The lowest BCUT2D eigenvalue weighted by atomic mass is 10.2. The molecule has 3 N–H and O–H groups in total. The predicted molar refractivity (Wildman–Crippen MR) is 73.2 cm³/mol. The molecule has 1 rings (SSSR count). The number of rotatable bonds is 6. The SMILES string of the molecule is CCNc1nc(NC(CC)CO)c(Cl)cc1Cl. The van der Waals surface area contributed by atoms with Gasteiger partial charge in [-0.1, -0.05) is 30.1 Å². The van der Waals surface area contributed by atoms with E-state index in [1.54, 1.807) is 6.07 Å². The smallest absolute Gasteiger partial charge is 0.147 e. The van der Waals surface area contributed by atoms with Crippen LogP contribution >= 0.6 is 23.2 Å². The first-order valence-corrected chi connectivity index (χ1v) is 6.35. The third-order valence-corrected chi connectivity index (χ3v) is 2.90. The molecule has 0 amide bonds. The normalized spacial score (nSPS) is 12.3. The molecule has 6 heteroatoms. The number of hydrogen-bond donors (Lipinski definition) is 3. The maximum absolute atomic E-state index is 9.13. The Morgan fingerprint density at radius 1 is 1.29 bits per heavy atom. The van der Waals surface area contributed by atoms with Crippen molar-refractivity contribution in [3.05, 3.63) is 16.1 Å². The van der Waals surface area contributed by atoms with Gasteiger partial charge in [0.1, 0.15) is 11.6 Å². The first-order valence-electron chi connectivity index (χ1n) is 5.59. The average molecular weight is 278 g/mol. The fraction of sp³-hybridized carbons (Fsp3) is 0.545. The van der Waals surface area contributed by atoms with Crippen LogP contribution in [0.25, 0.3) is 0 Å². The molecule has 1 atom stereocenters. The molecule has 1 aromatic rings. The third kappa shape index (κ3) is 3.91. The van der Waals surface area contributed by atoms with Crippen molar-refractivity contribution in [2.75, 3.05) is 23.8 Å². The first kappa shape index (κ1) is 14.4. The summed E-state index contributed by atoms with van der Waals surface area (Å²) in [5.74, 6) is 1.13. The Morgan fingerprint density at radius 2 is 1.94 bits per heavy atom. The maximum atomic E-state index is 9.13. The van der Waals surface area contributed by atoms with Crippen LogP contribution < -0.4 is 10.6 Å². The van der Waals surface area contributed by atoms with Gasteiger partial charge in [-0.25, -0.2) is 4.98 Å². The molecule has 96 valence electrons. The lowest BCUT2D eigenvalue weighted by Gasteiger charge is -2.17. The highest BCUT2D eigenvalue weighted by Crippen LogP contribution is 2.29. The number of aliphatic hydroxyl groups excluding tert-OH is 1. The van der Waals surface area contributed by atoms with Crippen molar-refractivity contribution in [3.8, 4) is 0 Å². The second kappa shape index (κ2) is 6.89. The topological polar surface area (TPSA) is 57.2 Å². The predicted octanol–water partition coefficient (Wildman–Crippen LogP) is 3.00. The Hall–Kier alpha value is -0.710. The van der Waals surface area contributed by atoms with E-state index in [1.165, 1.54) is 0 Å². The summed E-state index contributed by atoms with van der Waals surface area (Å²) in [5.41, 5.74) is 0. The molecular formula is C11H17Cl2N3O. The van der Waals surface area contributed by atoms with Crippen molar-refractivity contribution < 1.29 is 5.11 Å². The van der Waals surface area contributed by atoms with Gasteiger partial charge in [0, 0.05) is 6.54 Å². The third-order valence-electron chi connectivity index (χ3n) is 2.33. The number of pyridine rings is 1. The Balaban J connectivity index is 2.94. The summed E-state index contributed by atoms with van der Waals surface area (Å²) in [6, 6.07) is 1.58. The van der Waals surface area contributed by atoms with Crippen molar-refractivity contribution in [3.63, 3.8) is 0 Å². The van der Waals surface area contributed by atoms with E-state index in [-0.39, 0.29) is 12.6 Å². The number of hydrogen-bond acceptors (Lipinski definition) is 4. The fourth-order valence-electron chi connectivity index (χ4n) is 1.33. The monoisotopic (exact) mass is 277 g/mol. The number of nitrogens with one attached hydrogen (secondary N) is 2. The van der Waals surface area contributed by atoms with Crippen LogP contribution in [0.2, 0.25) is 10.0 Å². The number of halogens is 2. The molecule has 0 fully saturated rings. The lowest BCUT2D eigenvalue weighted by Crippen LogP contribution is -2.23. The molecule has 1 unspecified atom stereocenters. The summed E-state index contributed by atoms with van der Waals surface area (Å²) in [4.78, 5) is 4.30. The van der Waals surface area contributed by atoms with Gasteiger partial charge in [0.2, 0.25) is 0 Å². The van der Waals surface area contributed by atoms with E-state index in [0.29, 0.717) is 21.7 Å². The van der Waals surface area contributed by atoms with Crippen molar-refractivity contribution in [1.82, 2.24) is 4.98 Å². The van der Waals surface area contributed by atoms with Crippen LogP contribution in [0.15, 0.2) is 6.07 Å². The summed E-state index contributed by atoms with van der Waals surface area (Å²) in [6.45, 7) is 4.70. The molecule has 1 aromatic heterocycles. The van der Waals surface area contributed by atoms with E-state index in [0.717, 1.165) is 13.0 Å². The molecule has 0 aliphatic carbocycles. The minimum atomic E-state index is -0.0596. The van der Waals surface area contributed by atoms with Gasteiger partial charge in [-0.05, 0) is 19.4 Å². The van der Waals surface area contributed by atoms with Crippen LogP contribution in [-0.2, 0) is 0 Å². The number of nitrogens with zero attached hydrogens (tertiary/aromatic N) is 1. The molecule has 17 heavy (non-hydrogen) atoms. The molecule has 0 saturated heterocycles. The van der Waals surface area contributed by atoms with E-state index in [4.69, 9.17) is 28.3 Å². The quantitative estimate of drug-likeness (QED) is 0.748. The van der Waals surface area contributed by atoms with E-state index in [1.807, 2.05) is 13.8 Å². The van der Waals surface area contributed by atoms with Crippen LogP contribution in [0, 0.1) is 0 Å². The zero-order valence-corrected chi connectivity index (χ0v) is 11.4. The van der Waals surface area contributed by atoms with Crippen LogP contribution in [0.5, 0.6) is 0 Å². The summed E-state index contributed by atoms with van der Waals surface area (Å²) in [5, 5.41) is 16.2. The van der Waals surface area contributed by atoms with Gasteiger partial charge >= 0.3 is 0 Å². The van der Waals surface area contributed by atoms with Crippen LogP contribution in [-0.4, -0.2) is 29.3 Å². The average Bonchev–Trinajstić information content (AvgIpc) is 2.31. The molecule has 1 heterocycles. The highest BCUT2D eigenvalue weighted by molar-refractivity contribution is 6.37. The zero-order chi connectivity index (χ0) is 12.8. The summed E-state index contributed by atoms with van der Waals surface area (Å²) in [6.07, 6.45) is 0.785. The van der Waals surface area contributed by atoms with Gasteiger partial charge in [0.15, 0.2) is 0 Å². The van der Waals surface area contributed by atoms with Crippen molar-refractivity contribution in [2.45, 2.75) is 26.3 Å². The molecule has 0 aromatic carbocycles. The number of anilines is 2. The molecule has 0 spiro atoms. The summed E-state index contributed by atoms with van der Waals surface area (Å²) >= 11 is 12.0. The van der Waals surface area contributed by atoms with Gasteiger partial charge < -0.3 is 15.7 Å². The largest absolute Gasteiger partial charge is 0.394 e. The second-order valence-corrected chi connectivity index (χ2v) is 4.43. The lowest BCUT2D eigenvalue weighted by molar-refractivity contribution is 0.271. The van der Waals surface area contributed by atoms with Gasteiger partial charge in [0.25, 0.3) is 0 Å². The summed E-state index contributed by atoms with van der Waals surface area (Å²) < 4.78 is 0. The Morgan fingerprint density at radius 3 is 2.47 bits per heavy atom. The van der Waals surface area contributed by atoms with Crippen molar-refractivity contribution >= 4 is 34.8 Å². The van der Waals surface area contributed by atoms with E-state index < -0.39 is 0 Å². The Bertz CT molecular complexity index is 370. The molecule has 0 bridgehead atoms. The van der Waals surface area contributed by atoms with Crippen LogP contribution in [0.1, 0.15) is 20.3 Å². The fourth-order valence-corrected chi connectivity index (χ4v) is 1.81. The highest BCUT2D eigenvalue weighted by atomic mass is 35.5. The Kier molecular flexibility index (Phi) is 5.82. The zero-order valence-electron chi connectivity index (χ0n) is 9.93. The Labute approximate surface area is 111 Å². The second-order valence-electron chi connectivity index (χ2n) is 3.61. The first-order chi connectivity index (χ1) is 8.12. The van der Waals surface area contributed by atoms with Crippen LogP contribution in [0.4, 0.5) is 11.6 Å². The molecule has 0 radical (unpaired) electrons. The van der Waals surface area contributed by atoms with Crippen molar-refractivity contribution in [2.24, 2.45) is 0 Å². The minimum absolute atomic E-state index is 0.0354. The van der Waals surface area contributed by atoms with E-state index in [9.17, 15) is 0 Å². The number of aliphatic hydroxyl groups is 1. The van der Waals surface area contributed by atoms with Gasteiger partial charge in [-0.15, -0.1) is 0 Å². The summed E-state index contributed by atoms with van der Waals surface area (Å²) in [7, 11) is 0. The molecule has 0 saturated carbocycles.